The molecule has 2 fully saturated rings. The van der Waals surface area contributed by atoms with Crippen LogP contribution in [-0.2, 0) is 23.6 Å². The quantitative estimate of drug-likeness (QED) is 0.173. The summed E-state index contributed by atoms with van der Waals surface area (Å²) >= 11 is 5.98. The Hall–Kier alpha value is -4.20. The third-order valence-electron chi connectivity index (χ3n) is 9.17. The minimum atomic E-state index is -2.86. The number of hydrogen-bond acceptors (Lipinski definition) is 9. The van der Waals surface area contributed by atoms with Crippen LogP contribution < -0.4 is 9.47 Å². The van der Waals surface area contributed by atoms with Crippen LogP contribution in [0.25, 0.3) is 22.6 Å². The van der Waals surface area contributed by atoms with Gasteiger partial charge in [-0.05, 0) is 68.6 Å². The van der Waals surface area contributed by atoms with Crippen molar-refractivity contribution >= 4 is 22.6 Å². The van der Waals surface area contributed by atoms with Crippen LogP contribution in [0, 0.1) is 5.82 Å². The van der Waals surface area contributed by atoms with Crippen LogP contribution >= 0.6 is 11.6 Å². The number of hydrogen-bond donors (Lipinski definition) is 0. The van der Waals surface area contributed by atoms with Crippen molar-refractivity contribution in [1.29, 1.82) is 0 Å². The highest BCUT2D eigenvalue weighted by Crippen LogP contribution is 2.50. The molecule has 0 radical (unpaired) electrons. The number of pyridine rings is 1. The van der Waals surface area contributed by atoms with Gasteiger partial charge in [-0.3, -0.25) is 9.88 Å². The summed E-state index contributed by atoms with van der Waals surface area (Å²) in [5, 5.41) is 3.97. The van der Waals surface area contributed by atoms with Crippen LogP contribution in [0.5, 0.6) is 11.5 Å². The number of piperidine rings is 1. The molecular weight excluding hydrogens is 637 g/mol. The number of para-hydroxylation sites is 1. The third-order valence-corrected chi connectivity index (χ3v) is 9.41. The van der Waals surface area contributed by atoms with Gasteiger partial charge in [0.15, 0.2) is 11.5 Å². The smallest absolute Gasteiger partial charge is 0.315 e. The number of alkyl halides is 2. The average Bonchev–Trinajstić information content (AvgIpc) is 3.74. The summed E-state index contributed by atoms with van der Waals surface area (Å²) < 4.78 is 66.0. The van der Waals surface area contributed by atoms with Gasteiger partial charge in [-0.25, -0.2) is 9.37 Å². The molecule has 3 aliphatic rings. The van der Waals surface area contributed by atoms with Crippen LogP contribution in [-0.4, -0.2) is 55.4 Å². The van der Waals surface area contributed by atoms with Crippen LogP contribution in [0.4, 0.5) is 13.2 Å². The predicted molar refractivity (Wildman–Crippen MR) is 164 cm³/mol. The van der Waals surface area contributed by atoms with Crippen molar-refractivity contribution in [1.82, 2.24) is 29.6 Å². The predicted octanol–water partition coefficient (Wildman–Crippen LogP) is 7.02. The molecule has 3 aliphatic heterocycles. The largest absolute Gasteiger partial charge is 0.444 e. The fraction of sp³-hybridized carbons (Fsp3) is 0.394. The van der Waals surface area contributed by atoms with Crippen molar-refractivity contribution in [3.63, 3.8) is 0 Å². The zero-order valence-corrected chi connectivity index (χ0v) is 26.1. The molecule has 8 rings (SSSR count). The first kappa shape index (κ1) is 30.2. The Morgan fingerprint density at radius 1 is 1.06 bits per heavy atom. The van der Waals surface area contributed by atoms with E-state index in [1.807, 2.05) is 12.1 Å². The zero-order valence-electron chi connectivity index (χ0n) is 25.3. The van der Waals surface area contributed by atoms with E-state index >= 15 is 0 Å². The van der Waals surface area contributed by atoms with Gasteiger partial charge in [0.05, 0.1) is 42.0 Å². The number of fused-ring (bicyclic) bond motifs is 2. The van der Waals surface area contributed by atoms with Gasteiger partial charge in [0.1, 0.15) is 17.3 Å². The molecule has 2 aromatic carbocycles. The molecule has 0 unspecified atom stereocenters. The lowest BCUT2D eigenvalue weighted by Crippen LogP contribution is -2.35. The molecule has 14 heteroatoms. The lowest BCUT2D eigenvalue weighted by atomic mass is 9.88. The maximum Gasteiger partial charge on any atom is 0.315 e. The van der Waals surface area contributed by atoms with Crippen molar-refractivity contribution in [2.45, 2.75) is 63.5 Å². The standard InChI is InChI=1S/C33H30ClF3N6O4/c1-33(22-6-5-19(34)13-23(22)35)45-27-4-2-3-21(29(27)46-33)18-7-10-42(11-8-18)17-28-39-24-14-25(31-40-32(30(36)37)47-41-31)38-15-26(24)43(28)16-20-9-12-44-20/h2-6,13-15,18,20,30H,7-12,16-17H2,1H3/t20-,33-/m0/s1. The molecule has 5 aromatic rings. The van der Waals surface area contributed by atoms with E-state index in [0.29, 0.717) is 40.8 Å². The van der Waals surface area contributed by atoms with Crippen molar-refractivity contribution in [2.24, 2.45) is 0 Å². The van der Waals surface area contributed by atoms with E-state index in [4.69, 9.17) is 30.8 Å². The summed E-state index contributed by atoms with van der Waals surface area (Å²) in [5.41, 5.74) is 3.13. The molecule has 2 saturated heterocycles. The van der Waals surface area contributed by atoms with Crippen LogP contribution in [0.1, 0.15) is 61.4 Å². The maximum atomic E-state index is 14.9. The second kappa shape index (κ2) is 11.8. The van der Waals surface area contributed by atoms with Gasteiger partial charge in [-0.2, -0.15) is 13.8 Å². The Balaban J connectivity index is 0.997. The number of halogens is 4. The van der Waals surface area contributed by atoms with Gasteiger partial charge in [0.2, 0.25) is 5.82 Å². The number of likely N-dealkylation sites (tertiary alicyclic amines) is 1. The second-order valence-electron chi connectivity index (χ2n) is 12.2. The molecule has 0 N–H and O–H groups in total. The van der Waals surface area contributed by atoms with E-state index in [2.05, 4.69) is 35.2 Å². The Bertz CT molecular complexity index is 1960. The summed E-state index contributed by atoms with van der Waals surface area (Å²) in [6.07, 6.45) is 1.64. The number of imidazole rings is 1. The first-order valence-corrected chi connectivity index (χ1v) is 15.9. The van der Waals surface area contributed by atoms with Gasteiger partial charge >= 0.3 is 6.43 Å². The van der Waals surface area contributed by atoms with E-state index in [0.717, 1.165) is 55.9 Å². The van der Waals surface area contributed by atoms with E-state index in [1.54, 1.807) is 31.3 Å². The number of aromatic nitrogens is 5. The van der Waals surface area contributed by atoms with E-state index in [1.165, 1.54) is 6.07 Å². The Morgan fingerprint density at radius 2 is 1.89 bits per heavy atom. The molecule has 0 amide bonds. The Kier molecular flexibility index (Phi) is 7.57. The molecule has 244 valence electrons. The van der Waals surface area contributed by atoms with Crippen molar-refractivity contribution < 1.29 is 31.9 Å². The first-order valence-electron chi connectivity index (χ1n) is 15.5. The highest BCUT2D eigenvalue weighted by molar-refractivity contribution is 6.30. The summed E-state index contributed by atoms with van der Waals surface area (Å²) in [7, 11) is 0. The molecule has 0 saturated carbocycles. The molecule has 6 heterocycles. The molecule has 3 aromatic heterocycles. The molecular formula is C33H30ClF3N6O4. The summed E-state index contributed by atoms with van der Waals surface area (Å²) in [4.78, 5) is 15.5. The monoisotopic (exact) mass is 666 g/mol. The second-order valence-corrected chi connectivity index (χ2v) is 12.7. The highest BCUT2D eigenvalue weighted by atomic mass is 35.5. The van der Waals surface area contributed by atoms with Gasteiger partial charge in [0, 0.05) is 24.1 Å². The van der Waals surface area contributed by atoms with Gasteiger partial charge in [0.25, 0.3) is 11.7 Å². The van der Waals surface area contributed by atoms with E-state index in [-0.39, 0.29) is 23.4 Å². The SMILES string of the molecule is C[C@]1(c2ccc(Cl)cc2F)Oc2cccc(C3CCN(Cc4nc5cc(-c6noc(C(F)F)n6)ncc5n4C[C@@H]4CCO4)CC3)c2O1. The maximum absolute atomic E-state index is 14.9. The average molecular weight is 667 g/mol. The Labute approximate surface area is 272 Å². The van der Waals surface area contributed by atoms with Gasteiger partial charge in [-0.15, -0.1) is 0 Å². The fourth-order valence-corrected chi connectivity index (χ4v) is 6.78. The van der Waals surface area contributed by atoms with Gasteiger partial charge in [-0.1, -0.05) is 28.9 Å². The van der Waals surface area contributed by atoms with Crippen LogP contribution in [0.15, 0.2) is 53.2 Å². The number of rotatable bonds is 8. The number of benzene rings is 2. The van der Waals surface area contributed by atoms with Crippen molar-refractivity contribution in [2.75, 3.05) is 19.7 Å². The minimum absolute atomic E-state index is 0.0110. The summed E-state index contributed by atoms with van der Waals surface area (Å²) in [6, 6.07) is 12.0. The zero-order chi connectivity index (χ0) is 32.3. The molecule has 0 spiro atoms. The van der Waals surface area contributed by atoms with E-state index in [9.17, 15) is 13.2 Å². The molecule has 0 bridgehead atoms. The van der Waals surface area contributed by atoms with Crippen LogP contribution in [0.3, 0.4) is 0 Å². The molecule has 47 heavy (non-hydrogen) atoms. The number of nitrogens with zero attached hydrogens (tertiary/aromatic N) is 6. The molecule has 2 atom stereocenters. The third kappa shape index (κ3) is 5.59. The number of ether oxygens (including phenoxy) is 3. The van der Waals surface area contributed by atoms with Crippen molar-refractivity contribution in [3.8, 4) is 23.0 Å². The lowest BCUT2D eigenvalue weighted by Gasteiger charge is -2.33. The minimum Gasteiger partial charge on any atom is -0.444 e. The normalized spacial score (nSPS) is 21.5. The highest BCUT2D eigenvalue weighted by Gasteiger charge is 2.43. The van der Waals surface area contributed by atoms with Crippen LogP contribution in [0.2, 0.25) is 5.02 Å². The fourth-order valence-electron chi connectivity index (χ4n) is 6.62. The van der Waals surface area contributed by atoms with Crippen molar-refractivity contribution in [3.05, 3.63) is 82.3 Å². The first-order chi connectivity index (χ1) is 22.7. The van der Waals surface area contributed by atoms with E-state index < -0.39 is 23.9 Å². The molecule has 0 aliphatic carbocycles. The Morgan fingerprint density at radius 3 is 2.62 bits per heavy atom. The summed E-state index contributed by atoms with van der Waals surface area (Å²) in [6.45, 7) is 5.35. The summed E-state index contributed by atoms with van der Waals surface area (Å²) in [5.74, 6) is -0.216. The lowest BCUT2D eigenvalue weighted by molar-refractivity contribution is -0.0712. The topological polar surface area (TPSA) is 101 Å². The van der Waals surface area contributed by atoms with Gasteiger partial charge < -0.3 is 23.3 Å². The molecule has 10 nitrogen and oxygen atoms in total.